The van der Waals surface area contributed by atoms with E-state index in [-0.39, 0.29) is 11.9 Å². The molecule has 2 aromatic rings. The van der Waals surface area contributed by atoms with Gasteiger partial charge in [-0.05, 0) is 92.2 Å². The highest BCUT2D eigenvalue weighted by Gasteiger charge is 2.06. The monoisotopic (exact) mass is 584 g/mol. The number of hydrogen-bond donors (Lipinski definition) is 0. The van der Waals surface area contributed by atoms with Gasteiger partial charge in [-0.3, -0.25) is 4.79 Å². The van der Waals surface area contributed by atoms with Crippen LogP contribution in [0.5, 0.6) is 11.5 Å². The molecule has 0 aliphatic rings. The number of unbranched alkanes of at least 4 members (excludes halogenated alkanes) is 11. The molecule has 0 bridgehead atoms. The molecule has 0 aliphatic heterocycles. The van der Waals surface area contributed by atoms with Crippen molar-refractivity contribution in [2.45, 2.75) is 103 Å². The third-order valence-electron chi connectivity index (χ3n) is 6.82. The van der Waals surface area contributed by atoms with E-state index in [0.717, 1.165) is 74.7 Å². The highest BCUT2D eigenvalue weighted by molar-refractivity contribution is 5.81. The molecule has 230 valence electrons. The second-order valence-electron chi connectivity index (χ2n) is 10.5. The summed E-state index contributed by atoms with van der Waals surface area (Å²) in [4.78, 5) is 23.2. The van der Waals surface area contributed by atoms with Crippen LogP contribution in [0.4, 0.5) is 0 Å². The Balaban J connectivity index is 1.57. The fourth-order valence-electron chi connectivity index (χ4n) is 4.31. The average molecular weight is 585 g/mol. The summed E-state index contributed by atoms with van der Waals surface area (Å²) in [5.74, 6) is 12.9. The van der Waals surface area contributed by atoms with Crippen molar-refractivity contribution >= 4 is 11.9 Å². The first-order chi connectivity index (χ1) is 21.1. The van der Waals surface area contributed by atoms with Crippen molar-refractivity contribution < 1.29 is 23.8 Å². The van der Waals surface area contributed by atoms with Crippen LogP contribution in [0, 0.1) is 23.7 Å². The molecule has 5 nitrogen and oxygen atoms in total. The van der Waals surface area contributed by atoms with Crippen molar-refractivity contribution in [3.63, 3.8) is 0 Å². The topological polar surface area (TPSA) is 61.8 Å². The van der Waals surface area contributed by atoms with Crippen molar-refractivity contribution in [1.82, 2.24) is 0 Å². The fraction of sp³-hybridized carbons (Fsp3) is 0.474. The van der Waals surface area contributed by atoms with Gasteiger partial charge in [0, 0.05) is 25.3 Å². The minimum Gasteiger partial charge on any atom is -0.494 e. The zero-order valence-corrected chi connectivity index (χ0v) is 26.0. The molecule has 0 heterocycles. The van der Waals surface area contributed by atoms with E-state index in [4.69, 9.17) is 14.2 Å². The van der Waals surface area contributed by atoms with E-state index < -0.39 is 0 Å². The summed E-state index contributed by atoms with van der Waals surface area (Å²) in [7, 11) is 0. The summed E-state index contributed by atoms with van der Waals surface area (Å²) >= 11 is 0. The van der Waals surface area contributed by atoms with Gasteiger partial charge in [-0.2, -0.15) is 0 Å². The first kappa shape index (κ1) is 35.2. The smallest absolute Gasteiger partial charge is 0.330 e. The van der Waals surface area contributed by atoms with Gasteiger partial charge in [-0.1, -0.05) is 81.7 Å². The van der Waals surface area contributed by atoms with E-state index in [1.54, 1.807) is 0 Å². The van der Waals surface area contributed by atoms with Crippen molar-refractivity contribution in [2.75, 3.05) is 13.2 Å². The number of esters is 2. The van der Waals surface area contributed by atoms with E-state index in [1.807, 2.05) is 48.5 Å². The molecule has 0 saturated heterocycles. The van der Waals surface area contributed by atoms with Gasteiger partial charge in [0.05, 0.1) is 13.2 Å². The van der Waals surface area contributed by atoms with Crippen LogP contribution in [0.2, 0.25) is 0 Å². The van der Waals surface area contributed by atoms with Gasteiger partial charge in [-0.25, -0.2) is 4.79 Å². The summed E-state index contributed by atoms with van der Waals surface area (Å²) in [6.07, 6.45) is 16.3. The Morgan fingerprint density at radius 1 is 0.674 bits per heavy atom. The van der Waals surface area contributed by atoms with Crippen molar-refractivity contribution in [1.29, 1.82) is 0 Å². The normalized spacial score (nSPS) is 10.1. The molecule has 0 amide bonds. The second-order valence-corrected chi connectivity index (χ2v) is 10.5. The molecule has 0 N–H and O–H groups in total. The number of carbonyl (C=O) groups excluding carboxylic acids is 2. The Morgan fingerprint density at radius 3 is 1.84 bits per heavy atom. The molecule has 2 rings (SSSR count). The molecule has 0 aromatic heterocycles. The molecule has 43 heavy (non-hydrogen) atoms. The van der Waals surface area contributed by atoms with Crippen molar-refractivity contribution in [2.24, 2.45) is 0 Å². The largest absolute Gasteiger partial charge is 0.494 e. The summed E-state index contributed by atoms with van der Waals surface area (Å²) in [5.41, 5.74) is 2.10. The number of carbonyl (C=O) groups is 2. The lowest BCUT2D eigenvalue weighted by atomic mass is 10.1. The third-order valence-corrected chi connectivity index (χ3v) is 6.82. The summed E-state index contributed by atoms with van der Waals surface area (Å²) in [6.45, 7) is 6.69. The van der Waals surface area contributed by atoms with Gasteiger partial charge < -0.3 is 14.2 Å². The molecule has 0 radical (unpaired) electrons. The second kappa shape index (κ2) is 23.6. The lowest BCUT2D eigenvalue weighted by Crippen LogP contribution is -2.07. The minimum absolute atomic E-state index is 0.225. The van der Waals surface area contributed by atoms with Crippen LogP contribution in [-0.4, -0.2) is 25.2 Å². The van der Waals surface area contributed by atoms with Gasteiger partial charge >= 0.3 is 11.9 Å². The Morgan fingerprint density at radius 2 is 1.21 bits per heavy atom. The van der Waals surface area contributed by atoms with E-state index in [1.165, 1.54) is 38.2 Å². The molecule has 0 atom stereocenters. The van der Waals surface area contributed by atoms with E-state index >= 15 is 0 Å². The standard InChI is InChI=1S/C38H48O5/c1-3-5-6-7-8-9-10-11-12-13-14-15-16-19-22-38(40)43-36-29-25-34(26-30-36)33-23-27-35(28-24-33)41-31-20-17-18-21-32-42-37(39)4-2/h4,23-30H,2-3,5-10,15-22,31-32H2,1H3. The predicted octanol–water partition coefficient (Wildman–Crippen LogP) is 9.25. The Kier molecular flexibility index (Phi) is 19.3. The van der Waals surface area contributed by atoms with Crippen LogP contribution in [0.1, 0.15) is 103 Å². The maximum absolute atomic E-state index is 12.2. The van der Waals surface area contributed by atoms with Crippen LogP contribution in [-0.2, 0) is 14.3 Å². The molecular formula is C38H48O5. The van der Waals surface area contributed by atoms with Gasteiger partial charge in [0.25, 0.3) is 0 Å². The fourth-order valence-corrected chi connectivity index (χ4v) is 4.31. The molecule has 2 aromatic carbocycles. The van der Waals surface area contributed by atoms with Crippen LogP contribution >= 0.6 is 0 Å². The molecular weight excluding hydrogens is 536 g/mol. The zero-order valence-electron chi connectivity index (χ0n) is 26.0. The minimum atomic E-state index is -0.370. The number of rotatable bonds is 21. The third kappa shape index (κ3) is 17.6. The highest BCUT2D eigenvalue weighted by atomic mass is 16.5. The molecule has 5 heteroatoms. The summed E-state index contributed by atoms with van der Waals surface area (Å²) in [6, 6.07) is 15.5. The van der Waals surface area contributed by atoms with Gasteiger partial charge in [-0.15, -0.1) is 0 Å². The van der Waals surface area contributed by atoms with E-state index in [2.05, 4.69) is 37.2 Å². The van der Waals surface area contributed by atoms with Gasteiger partial charge in [0.2, 0.25) is 0 Å². The summed E-state index contributed by atoms with van der Waals surface area (Å²) in [5, 5.41) is 0. The molecule has 0 unspecified atom stereocenters. The van der Waals surface area contributed by atoms with E-state index in [9.17, 15) is 9.59 Å². The first-order valence-electron chi connectivity index (χ1n) is 15.9. The summed E-state index contributed by atoms with van der Waals surface area (Å²) < 4.78 is 16.3. The first-order valence-corrected chi connectivity index (χ1v) is 15.9. The molecule has 0 fully saturated rings. The van der Waals surface area contributed by atoms with Gasteiger partial charge in [0.15, 0.2) is 0 Å². The maximum atomic E-state index is 12.2. The average Bonchev–Trinajstić information content (AvgIpc) is 3.03. The van der Waals surface area contributed by atoms with Crippen molar-refractivity contribution in [3.05, 3.63) is 61.2 Å². The zero-order chi connectivity index (χ0) is 30.8. The predicted molar refractivity (Wildman–Crippen MR) is 175 cm³/mol. The highest BCUT2D eigenvalue weighted by Crippen LogP contribution is 2.25. The van der Waals surface area contributed by atoms with Crippen LogP contribution < -0.4 is 9.47 Å². The quantitative estimate of drug-likeness (QED) is 0.0481. The Bertz CT molecular complexity index is 1190. The number of benzene rings is 2. The molecule has 0 spiro atoms. The van der Waals surface area contributed by atoms with E-state index in [0.29, 0.717) is 25.4 Å². The Hall–Kier alpha value is -3.96. The van der Waals surface area contributed by atoms with Crippen LogP contribution in [0.3, 0.4) is 0 Å². The number of ether oxygens (including phenoxy) is 3. The SMILES string of the molecule is C=CC(=O)OCCCCCCOc1ccc(-c2ccc(OC(=O)CCCCC#CC#CCCCCCCCC)cc2)cc1. The van der Waals surface area contributed by atoms with Crippen molar-refractivity contribution in [3.8, 4) is 46.3 Å². The molecule has 0 saturated carbocycles. The maximum Gasteiger partial charge on any atom is 0.330 e. The molecule has 0 aliphatic carbocycles. The van der Waals surface area contributed by atoms with Gasteiger partial charge in [0.1, 0.15) is 11.5 Å². The Labute approximate surface area is 259 Å². The lowest BCUT2D eigenvalue weighted by Gasteiger charge is -2.09. The number of hydrogen-bond acceptors (Lipinski definition) is 5. The lowest BCUT2D eigenvalue weighted by molar-refractivity contribution is -0.138. The van der Waals surface area contributed by atoms with Crippen LogP contribution in [0.15, 0.2) is 61.2 Å². The van der Waals surface area contributed by atoms with Crippen LogP contribution in [0.25, 0.3) is 11.1 Å².